The number of urea groups is 1. The monoisotopic (exact) mass is 359 g/mol. The molecule has 1 aliphatic heterocycles. The molecule has 0 aromatic heterocycles. The van der Waals surface area contributed by atoms with E-state index >= 15 is 0 Å². The predicted molar refractivity (Wildman–Crippen MR) is 100 cm³/mol. The highest BCUT2D eigenvalue weighted by molar-refractivity contribution is 5.75. The molecule has 1 aromatic carbocycles. The fourth-order valence-corrected chi connectivity index (χ4v) is 4.08. The molecular formula is C20H29N3O3. The lowest BCUT2D eigenvalue weighted by Crippen LogP contribution is -2.56. The first-order valence-electron chi connectivity index (χ1n) is 9.54. The third kappa shape index (κ3) is 4.36. The number of carboxylic acid groups (broad SMARTS) is 1. The van der Waals surface area contributed by atoms with Gasteiger partial charge in [0.2, 0.25) is 0 Å². The van der Waals surface area contributed by atoms with Crippen LogP contribution in [0.2, 0.25) is 0 Å². The van der Waals surface area contributed by atoms with E-state index in [1.165, 1.54) is 11.1 Å². The summed E-state index contributed by atoms with van der Waals surface area (Å²) in [6, 6.07) is 8.98. The molecule has 1 saturated carbocycles. The first-order chi connectivity index (χ1) is 12.5. The molecule has 1 saturated heterocycles. The minimum atomic E-state index is -0.793. The molecule has 0 bridgehead atoms. The van der Waals surface area contributed by atoms with Gasteiger partial charge in [-0.3, -0.25) is 9.69 Å². The summed E-state index contributed by atoms with van der Waals surface area (Å²) < 4.78 is 0. The van der Waals surface area contributed by atoms with Crippen molar-refractivity contribution in [2.75, 3.05) is 26.2 Å². The standard InChI is InChI=1S/C20H29N3O3/c1-3-22(13-19(24)25)18-10-17(11-18)21-20(26)23-8-7-16(12-23)15-6-4-5-14(2)9-15/h4-6,9,16-18H,3,7-8,10-13H2,1-2H3,(H,21,26)(H,24,25). The lowest BCUT2D eigenvalue weighted by atomic mass is 9.85. The van der Waals surface area contributed by atoms with Gasteiger partial charge in [0.05, 0.1) is 6.54 Å². The summed E-state index contributed by atoms with van der Waals surface area (Å²) in [6.45, 7) is 6.44. The Morgan fingerprint density at radius 3 is 2.77 bits per heavy atom. The SMILES string of the molecule is CCN(CC(=O)O)C1CC(NC(=O)N2CCC(c3cccc(C)c3)C2)C1. The van der Waals surface area contributed by atoms with Crippen molar-refractivity contribution in [3.05, 3.63) is 35.4 Å². The molecule has 2 fully saturated rings. The van der Waals surface area contributed by atoms with Gasteiger partial charge in [0, 0.05) is 31.1 Å². The van der Waals surface area contributed by atoms with Gasteiger partial charge >= 0.3 is 12.0 Å². The van der Waals surface area contributed by atoms with Crippen LogP contribution in [0, 0.1) is 6.92 Å². The largest absolute Gasteiger partial charge is 0.480 e. The van der Waals surface area contributed by atoms with Crippen molar-refractivity contribution in [3.8, 4) is 0 Å². The molecule has 6 nitrogen and oxygen atoms in total. The maximum absolute atomic E-state index is 12.5. The van der Waals surface area contributed by atoms with Crippen LogP contribution in [-0.4, -0.2) is 65.2 Å². The van der Waals surface area contributed by atoms with Crippen LogP contribution in [0.4, 0.5) is 4.79 Å². The topological polar surface area (TPSA) is 72.9 Å². The van der Waals surface area contributed by atoms with Gasteiger partial charge < -0.3 is 15.3 Å². The van der Waals surface area contributed by atoms with E-state index in [1.807, 2.05) is 16.7 Å². The molecule has 142 valence electrons. The fourth-order valence-electron chi connectivity index (χ4n) is 4.08. The molecule has 1 aliphatic carbocycles. The first-order valence-corrected chi connectivity index (χ1v) is 9.54. The van der Waals surface area contributed by atoms with Gasteiger partial charge in [0.1, 0.15) is 0 Å². The van der Waals surface area contributed by atoms with Crippen LogP contribution in [0.15, 0.2) is 24.3 Å². The second-order valence-electron chi connectivity index (χ2n) is 7.57. The number of aliphatic carboxylic acids is 1. The van der Waals surface area contributed by atoms with Crippen LogP contribution in [0.1, 0.15) is 43.2 Å². The number of amides is 2. The quantitative estimate of drug-likeness (QED) is 0.818. The van der Waals surface area contributed by atoms with Crippen LogP contribution in [0.3, 0.4) is 0 Å². The zero-order chi connectivity index (χ0) is 18.7. The van der Waals surface area contributed by atoms with E-state index in [-0.39, 0.29) is 24.7 Å². The van der Waals surface area contributed by atoms with E-state index < -0.39 is 5.97 Å². The molecular weight excluding hydrogens is 330 g/mol. The molecule has 2 aliphatic rings. The number of rotatable bonds is 6. The Hall–Kier alpha value is -2.08. The Morgan fingerprint density at radius 1 is 1.35 bits per heavy atom. The van der Waals surface area contributed by atoms with E-state index in [4.69, 9.17) is 5.11 Å². The molecule has 1 atom stereocenters. The summed E-state index contributed by atoms with van der Waals surface area (Å²) in [5.74, 6) is -0.375. The normalized spacial score (nSPS) is 25.2. The highest BCUT2D eigenvalue weighted by atomic mass is 16.4. The van der Waals surface area contributed by atoms with Crippen LogP contribution in [-0.2, 0) is 4.79 Å². The lowest BCUT2D eigenvalue weighted by molar-refractivity contribution is -0.139. The molecule has 1 unspecified atom stereocenters. The number of hydrogen-bond acceptors (Lipinski definition) is 3. The molecule has 0 spiro atoms. The second-order valence-corrected chi connectivity index (χ2v) is 7.57. The van der Waals surface area contributed by atoms with E-state index in [2.05, 4.69) is 36.5 Å². The molecule has 1 heterocycles. The van der Waals surface area contributed by atoms with Crippen molar-refractivity contribution in [1.29, 1.82) is 0 Å². The molecule has 2 N–H and O–H groups in total. The maximum Gasteiger partial charge on any atom is 0.317 e. The highest BCUT2D eigenvalue weighted by Crippen LogP contribution is 2.29. The number of carboxylic acids is 1. The van der Waals surface area contributed by atoms with Crippen LogP contribution >= 0.6 is 0 Å². The number of benzene rings is 1. The third-order valence-electron chi connectivity index (χ3n) is 5.69. The van der Waals surface area contributed by atoms with E-state index in [0.29, 0.717) is 5.92 Å². The van der Waals surface area contributed by atoms with Gasteiger partial charge in [-0.1, -0.05) is 36.8 Å². The van der Waals surface area contributed by atoms with E-state index in [0.717, 1.165) is 38.9 Å². The number of aryl methyl sites for hydroxylation is 1. The summed E-state index contributed by atoms with van der Waals surface area (Å²) in [5.41, 5.74) is 2.57. The highest BCUT2D eigenvalue weighted by Gasteiger charge is 2.36. The molecule has 3 rings (SSSR count). The fraction of sp³-hybridized carbons (Fsp3) is 0.600. The van der Waals surface area contributed by atoms with Gasteiger partial charge in [0.15, 0.2) is 0 Å². The van der Waals surface area contributed by atoms with E-state index in [1.54, 1.807) is 0 Å². The Morgan fingerprint density at radius 2 is 2.12 bits per heavy atom. The zero-order valence-corrected chi connectivity index (χ0v) is 15.6. The summed E-state index contributed by atoms with van der Waals surface area (Å²) in [6.07, 6.45) is 2.68. The Labute approximate surface area is 155 Å². The predicted octanol–water partition coefficient (Wildman–Crippen LogP) is 2.43. The number of nitrogens with one attached hydrogen (secondary N) is 1. The second kappa shape index (κ2) is 8.08. The number of carbonyl (C=O) groups is 2. The van der Waals surface area contributed by atoms with Gasteiger partial charge in [-0.15, -0.1) is 0 Å². The number of carbonyl (C=O) groups excluding carboxylic acids is 1. The van der Waals surface area contributed by atoms with Crippen LogP contribution in [0.5, 0.6) is 0 Å². The summed E-state index contributed by atoms with van der Waals surface area (Å²) >= 11 is 0. The lowest BCUT2D eigenvalue weighted by Gasteiger charge is -2.42. The van der Waals surface area contributed by atoms with Crippen LogP contribution in [0.25, 0.3) is 0 Å². The number of likely N-dealkylation sites (N-methyl/N-ethyl adjacent to an activating group) is 1. The first kappa shape index (κ1) is 18.7. The van der Waals surface area contributed by atoms with Gasteiger partial charge in [-0.05, 0) is 38.3 Å². The zero-order valence-electron chi connectivity index (χ0n) is 15.6. The van der Waals surface area contributed by atoms with Crippen molar-refractivity contribution in [2.45, 2.75) is 51.1 Å². The summed E-state index contributed by atoms with van der Waals surface area (Å²) in [5, 5.41) is 12.1. The number of nitrogens with zero attached hydrogens (tertiary/aromatic N) is 2. The van der Waals surface area contributed by atoms with Crippen molar-refractivity contribution in [3.63, 3.8) is 0 Å². The Bertz CT molecular complexity index is 657. The minimum absolute atomic E-state index is 0.0184. The molecule has 6 heteroatoms. The van der Waals surface area contributed by atoms with Crippen molar-refractivity contribution in [1.82, 2.24) is 15.1 Å². The molecule has 1 aromatic rings. The molecule has 26 heavy (non-hydrogen) atoms. The average molecular weight is 359 g/mol. The average Bonchev–Trinajstić information content (AvgIpc) is 3.06. The Balaban J connectivity index is 1.45. The molecule has 0 radical (unpaired) electrons. The van der Waals surface area contributed by atoms with Crippen molar-refractivity contribution < 1.29 is 14.7 Å². The van der Waals surface area contributed by atoms with Gasteiger partial charge in [0.25, 0.3) is 0 Å². The van der Waals surface area contributed by atoms with Gasteiger partial charge in [-0.25, -0.2) is 4.79 Å². The van der Waals surface area contributed by atoms with Gasteiger partial charge in [-0.2, -0.15) is 0 Å². The summed E-state index contributed by atoms with van der Waals surface area (Å²) in [7, 11) is 0. The third-order valence-corrected chi connectivity index (χ3v) is 5.69. The number of hydrogen-bond donors (Lipinski definition) is 2. The smallest absolute Gasteiger partial charge is 0.317 e. The van der Waals surface area contributed by atoms with E-state index in [9.17, 15) is 9.59 Å². The van der Waals surface area contributed by atoms with Crippen molar-refractivity contribution >= 4 is 12.0 Å². The number of likely N-dealkylation sites (tertiary alicyclic amines) is 1. The van der Waals surface area contributed by atoms with Crippen LogP contribution < -0.4 is 5.32 Å². The summed E-state index contributed by atoms with van der Waals surface area (Å²) in [4.78, 5) is 27.3. The Kier molecular flexibility index (Phi) is 5.81. The van der Waals surface area contributed by atoms with Crippen molar-refractivity contribution in [2.24, 2.45) is 0 Å². The maximum atomic E-state index is 12.5. The minimum Gasteiger partial charge on any atom is -0.480 e. The molecule has 2 amide bonds.